The summed E-state index contributed by atoms with van der Waals surface area (Å²) in [5, 5.41) is 10.4. The summed E-state index contributed by atoms with van der Waals surface area (Å²) in [7, 11) is 0. The Kier molecular flexibility index (Phi) is 3.13. The third-order valence-corrected chi connectivity index (χ3v) is 1.58. The first-order valence-corrected chi connectivity index (χ1v) is 3.85. The lowest BCUT2D eigenvalue weighted by molar-refractivity contribution is -0.396. The molecule has 1 aromatic rings. The number of rotatable bonds is 5. The van der Waals surface area contributed by atoms with Crippen LogP contribution in [0, 0.1) is 10.1 Å². The predicted molar refractivity (Wildman–Crippen MR) is 44.2 cm³/mol. The van der Waals surface area contributed by atoms with Crippen LogP contribution in [0.1, 0.15) is 12.8 Å². The molecule has 0 atom stereocenters. The summed E-state index contributed by atoms with van der Waals surface area (Å²) in [6, 6.07) is 0. The normalized spacial score (nSPS) is 9.85. The van der Waals surface area contributed by atoms with Gasteiger partial charge in [0, 0.05) is 6.42 Å². The highest BCUT2D eigenvalue weighted by Crippen LogP contribution is 2.08. The Morgan fingerprint density at radius 1 is 1.69 bits per heavy atom. The second-order valence-corrected chi connectivity index (χ2v) is 2.49. The van der Waals surface area contributed by atoms with E-state index in [2.05, 4.69) is 4.98 Å². The van der Waals surface area contributed by atoms with E-state index in [0.29, 0.717) is 19.4 Å². The van der Waals surface area contributed by atoms with E-state index >= 15 is 0 Å². The van der Waals surface area contributed by atoms with E-state index in [1.807, 2.05) is 0 Å². The van der Waals surface area contributed by atoms with Crippen molar-refractivity contribution in [1.29, 1.82) is 0 Å². The predicted octanol–water partition coefficient (Wildman–Crippen LogP) is 0.770. The zero-order valence-corrected chi connectivity index (χ0v) is 6.92. The molecule has 6 heteroatoms. The van der Waals surface area contributed by atoms with Crippen LogP contribution in [0.2, 0.25) is 0 Å². The SMILES string of the molecule is O=CCCCn1ccnc1[N+](=O)[O-]. The number of unbranched alkanes of at least 4 members (excludes halogenated alkanes) is 1. The summed E-state index contributed by atoms with van der Waals surface area (Å²) in [5.74, 6) is -0.175. The van der Waals surface area contributed by atoms with Gasteiger partial charge in [0.25, 0.3) is 0 Å². The summed E-state index contributed by atoms with van der Waals surface area (Å²) in [5.41, 5.74) is 0. The summed E-state index contributed by atoms with van der Waals surface area (Å²) in [6.07, 6.45) is 4.71. The first kappa shape index (κ1) is 9.37. The highest BCUT2D eigenvalue weighted by atomic mass is 16.6. The van der Waals surface area contributed by atoms with E-state index in [9.17, 15) is 14.9 Å². The van der Waals surface area contributed by atoms with Crippen molar-refractivity contribution < 1.29 is 9.72 Å². The first-order chi connectivity index (χ1) is 6.25. The molecule has 0 saturated carbocycles. The fourth-order valence-corrected chi connectivity index (χ4v) is 0.993. The average Bonchev–Trinajstić information content (AvgIpc) is 2.53. The van der Waals surface area contributed by atoms with Crippen molar-refractivity contribution in [2.75, 3.05) is 0 Å². The van der Waals surface area contributed by atoms with E-state index in [4.69, 9.17) is 0 Å². The second-order valence-electron chi connectivity index (χ2n) is 2.49. The fraction of sp³-hybridized carbons (Fsp3) is 0.429. The molecular formula is C7H9N3O3. The van der Waals surface area contributed by atoms with Gasteiger partial charge in [-0.2, -0.15) is 0 Å². The zero-order valence-electron chi connectivity index (χ0n) is 6.92. The van der Waals surface area contributed by atoms with Crippen LogP contribution in [0.5, 0.6) is 0 Å². The van der Waals surface area contributed by atoms with Gasteiger partial charge in [-0.1, -0.05) is 4.98 Å². The van der Waals surface area contributed by atoms with Crippen LogP contribution < -0.4 is 0 Å². The standard InChI is InChI=1S/C7H9N3O3/c11-6-2-1-4-9-5-3-8-7(9)10(12)13/h3,5-6H,1-2,4H2. The molecule has 0 unspecified atom stereocenters. The molecule has 6 nitrogen and oxygen atoms in total. The number of hydrogen-bond donors (Lipinski definition) is 0. The molecule has 0 radical (unpaired) electrons. The number of hydrogen-bond acceptors (Lipinski definition) is 4. The Morgan fingerprint density at radius 2 is 2.46 bits per heavy atom. The number of imidazole rings is 1. The van der Waals surface area contributed by atoms with Crippen LogP contribution in [0.25, 0.3) is 0 Å². The van der Waals surface area contributed by atoms with Gasteiger partial charge < -0.3 is 14.9 Å². The van der Waals surface area contributed by atoms with E-state index in [-0.39, 0.29) is 5.95 Å². The second kappa shape index (κ2) is 4.34. The highest BCUT2D eigenvalue weighted by molar-refractivity contribution is 5.48. The Balaban J connectivity index is 2.60. The molecule has 0 aliphatic heterocycles. The van der Waals surface area contributed by atoms with Crippen molar-refractivity contribution >= 4 is 12.2 Å². The highest BCUT2D eigenvalue weighted by Gasteiger charge is 2.12. The lowest BCUT2D eigenvalue weighted by Gasteiger charge is -1.98. The molecule has 0 spiro atoms. The molecule has 0 N–H and O–H groups in total. The molecule has 0 aliphatic rings. The van der Waals surface area contributed by atoms with Crippen molar-refractivity contribution in [3.8, 4) is 0 Å². The van der Waals surface area contributed by atoms with Crippen LogP contribution >= 0.6 is 0 Å². The minimum absolute atomic E-state index is 0.175. The average molecular weight is 183 g/mol. The maximum absolute atomic E-state index is 10.4. The van der Waals surface area contributed by atoms with Crippen LogP contribution in [0.15, 0.2) is 12.4 Å². The van der Waals surface area contributed by atoms with E-state index in [1.54, 1.807) is 0 Å². The van der Waals surface area contributed by atoms with Crippen molar-refractivity contribution in [3.63, 3.8) is 0 Å². The Labute approximate surface area is 74.3 Å². The Bertz CT molecular complexity index is 308. The van der Waals surface area contributed by atoms with Gasteiger partial charge in [-0.15, -0.1) is 0 Å². The smallest absolute Gasteiger partial charge is 0.390 e. The largest absolute Gasteiger partial charge is 0.434 e. The summed E-state index contributed by atoms with van der Waals surface area (Å²) < 4.78 is 1.42. The lowest BCUT2D eigenvalue weighted by Crippen LogP contribution is -2.03. The van der Waals surface area contributed by atoms with Gasteiger partial charge >= 0.3 is 5.95 Å². The number of aryl methyl sites for hydroxylation is 1. The van der Waals surface area contributed by atoms with Crippen LogP contribution in [0.3, 0.4) is 0 Å². The van der Waals surface area contributed by atoms with Crippen LogP contribution in [-0.2, 0) is 11.3 Å². The van der Waals surface area contributed by atoms with E-state index < -0.39 is 4.92 Å². The zero-order chi connectivity index (χ0) is 9.68. The summed E-state index contributed by atoms with van der Waals surface area (Å²) in [6.45, 7) is 0.453. The monoisotopic (exact) mass is 183 g/mol. The number of aromatic nitrogens is 2. The van der Waals surface area contributed by atoms with Gasteiger partial charge in [-0.25, -0.2) is 4.57 Å². The maximum Gasteiger partial charge on any atom is 0.434 e. The molecule has 0 aliphatic carbocycles. The first-order valence-electron chi connectivity index (χ1n) is 3.85. The van der Waals surface area contributed by atoms with Crippen molar-refractivity contribution in [2.24, 2.45) is 0 Å². The van der Waals surface area contributed by atoms with E-state index in [0.717, 1.165) is 6.29 Å². The number of nitro groups is 1. The Hall–Kier alpha value is -1.72. The molecule has 70 valence electrons. The van der Waals surface area contributed by atoms with Gasteiger partial charge in [0.05, 0.1) is 6.54 Å². The van der Waals surface area contributed by atoms with Crippen LogP contribution in [0.4, 0.5) is 5.95 Å². The molecule has 1 aromatic heterocycles. The summed E-state index contributed by atoms with van der Waals surface area (Å²) in [4.78, 5) is 23.4. The third kappa shape index (κ3) is 2.36. The molecule has 13 heavy (non-hydrogen) atoms. The number of carbonyl (C=O) groups excluding carboxylic acids is 1. The third-order valence-electron chi connectivity index (χ3n) is 1.58. The minimum Gasteiger partial charge on any atom is -0.390 e. The topological polar surface area (TPSA) is 78.0 Å². The quantitative estimate of drug-likeness (QED) is 0.292. The molecule has 1 heterocycles. The van der Waals surface area contributed by atoms with Crippen molar-refractivity contribution in [1.82, 2.24) is 9.55 Å². The molecule has 0 saturated heterocycles. The summed E-state index contributed by atoms with van der Waals surface area (Å²) >= 11 is 0. The van der Waals surface area contributed by atoms with Crippen molar-refractivity contribution in [2.45, 2.75) is 19.4 Å². The van der Waals surface area contributed by atoms with E-state index in [1.165, 1.54) is 17.0 Å². The van der Waals surface area contributed by atoms with Gasteiger partial charge in [0.2, 0.25) is 0 Å². The molecule has 0 fully saturated rings. The van der Waals surface area contributed by atoms with Gasteiger partial charge in [-0.05, 0) is 11.3 Å². The van der Waals surface area contributed by atoms with Gasteiger partial charge in [-0.3, -0.25) is 0 Å². The molecule has 0 amide bonds. The number of carbonyl (C=O) groups is 1. The molecular weight excluding hydrogens is 174 g/mol. The molecule has 0 aromatic carbocycles. The fourth-order valence-electron chi connectivity index (χ4n) is 0.993. The van der Waals surface area contributed by atoms with Gasteiger partial charge in [0.1, 0.15) is 18.7 Å². The molecule has 0 bridgehead atoms. The number of aldehydes is 1. The Morgan fingerprint density at radius 3 is 3.08 bits per heavy atom. The molecule has 1 rings (SSSR count). The van der Waals surface area contributed by atoms with Crippen LogP contribution in [-0.4, -0.2) is 20.8 Å². The van der Waals surface area contributed by atoms with Gasteiger partial charge in [0.15, 0.2) is 0 Å². The maximum atomic E-state index is 10.4. The minimum atomic E-state index is -0.541. The lowest BCUT2D eigenvalue weighted by atomic mass is 10.3. The number of nitrogens with zero attached hydrogens (tertiary/aromatic N) is 3. The van der Waals surface area contributed by atoms with Crippen molar-refractivity contribution in [3.05, 3.63) is 22.5 Å².